The van der Waals surface area contributed by atoms with Crippen LogP contribution in [-0.4, -0.2) is 50.2 Å². The molecule has 0 unspecified atom stereocenters. The molecule has 1 heterocycles. The van der Waals surface area contributed by atoms with Crippen LogP contribution in [0.25, 0.3) is 0 Å². The van der Waals surface area contributed by atoms with Gasteiger partial charge in [0.15, 0.2) is 0 Å². The van der Waals surface area contributed by atoms with Gasteiger partial charge in [0.1, 0.15) is 6.04 Å². The Labute approximate surface area is 85.6 Å². The third-order valence-corrected chi connectivity index (χ3v) is 2.68. The molecule has 0 spiro atoms. The number of carbonyl (C=O) groups excluding carboxylic acids is 1. The maximum Gasteiger partial charge on any atom is 0.323 e. The van der Waals surface area contributed by atoms with Crippen LogP contribution >= 0.6 is 0 Å². The van der Waals surface area contributed by atoms with E-state index in [2.05, 4.69) is 24.3 Å². The molecule has 1 aliphatic heterocycles. The molecule has 82 valence electrons. The van der Waals surface area contributed by atoms with Gasteiger partial charge in [-0.3, -0.25) is 4.79 Å². The minimum atomic E-state index is -0.115. The molecular weight excluding hydrogens is 180 g/mol. The Balaban J connectivity index is 2.43. The molecule has 1 fully saturated rings. The van der Waals surface area contributed by atoms with Gasteiger partial charge in [-0.05, 0) is 40.4 Å². The van der Waals surface area contributed by atoms with E-state index in [1.54, 1.807) is 0 Å². The molecule has 2 atom stereocenters. The quantitative estimate of drug-likeness (QED) is 0.662. The number of hydrogen-bond donors (Lipinski definition) is 1. The highest BCUT2D eigenvalue weighted by Gasteiger charge is 2.28. The lowest BCUT2D eigenvalue weighted by atomic mass is 9.99. The van der Waals surface area contributed by atoms with Crippen LogP contribution in [0.15, 0.2) is 0 Å². The topological polar surface area (TPSA) is 41.6 Å². The van der Waals surface area contributed by atoms with Gasteiger partial charge >= 0.3 is 5.97 Å². The molecule has 4 nitrogen and oxygen atoms in total. The maximum absolute atomic E-state index is 11.5. The highest BCUT2D eigenvalue weighted by Crippen LogP contribution is 2.13. The van der Waals surface area contributed by atoms with Gasteiger partial charge < -0.3 is 15.0 Å². The van der Waals surface area contributed by atoms with E-state index in [1.807, 2.05) is 6.92 Å². The molecule has 1 aliphatic rings. The number of esters is 1. The summed E-state index contributed by atoms with van der Waals surface area (Å²) in [5.41, 5.74) is 0. The smallest absolute Gasteiger partial charge is 0.323 e. The first kappa shape index (κ1) is 11.5. The van der Waals surface area contributed by atoms with Crippen LogP contribution in [0, 0.1) is 0 Å². The summed E-state index contributed by atoms with van der Waals surface area (Å²) in [6.45, 7) is 3.19. The van der Waals surface area contributed by atoms with Gasteiger partial charge in [0.05, 0.1) is 6.61 Å². The second-order valence-electron chi connectivity index (χ2n) is 3.90. The lowest BCUT2D eigenvalue weighted by Gasteiger charge is -2.32. The Morgan fingerprint density at radius 2 is 2.29 bits per heavy atom. The molecule has 1 saturated heterocycles. The monoisotopic (exact) mass is 200 g/mol. The van der Waals surface area contributed by atoms with Crippen LogP contribution in [0.5, 0.6) is 0 Å². The Bertz CT molecular complexity index is 195. The van der Waals surface area contributed by atoms with E-state index in [-0.39, 0.29) is 12.0 Å². The van der Waals surface area contributed by atoms with E-state index >= 15 is 0 Å². The molecule has 14 heavy (non-hydrogen) atoms. The van der Waals surface area contributed by atoms with E-state index in [9.17, 15) is 4.79 Å². The molecule has 0 radical (unpaired) electrons. The third kappa shape index (κ3) is 2.96. The highest BCUT2D eigenvalue weighted by molar-refractivity contribution is 5.75. The second kappa shape index (κ2) is 5.32. The van der Waals surface area contributed by atoms with Crippen molar-refractivity contribution in [3.8, 4) is 0 Å². The standard InChI is InChI=1S/C10H20N2O2/c1-4-14-10(13)9-7-8(12(2)3)5-6-11-9/h8-9,11H,4-7H2,1-3H3/t8-,9+/m1/s1. The minimum absolute atomic E-state index is 0.112. The van der Waals surface area contributed by atoms with E-state index in [1.165, 1.54) is 0 Å². The zero-order valence-corrected chi connectivity index (χ0v) is 9.25. The fourth-order valence-corrected chi connectivity index (χ4v) is 1.79. The lowest BCUT2D eigenvalue weighted by Crippen LogP contribution is -2.49. The number of ether oxygens (including phenoxy) is 1. The lowest BCUT2D eigenvalue weighted by molar-refractivity contribution is -0.146. The molecule has 0 aromatic carbocycles. The van der Waals surface area contributed by atoms with Gasteiger partial charge in [0.2, 0.25) is 0 Å². The highest BCUT2D eigenvalue weighted by atomic mass is 16.5. The van der Waals surface area contributed by atoms with Crippen molar-refractivity contribution < 1.29 is 9.53 Å². The first-order valence-corrected chi connectivity index (χ1v) is 5.21. The van der Waals surface area contributed by atoms with Crippen LogP contribution in [0.1, 0.15) is 19.8 Å². The molecule has 1 N–H and O–H groups in total. The predicted octanol–water partition coefficient (Wildman–Crippen LogP) is 0.232. The Kier molecular flexibility index (Phi) is 4.35. The molecule has 0 aliphatic carbocycles. The van der Waals surface area contributed by atoms with Gasteiger partial charge in [-0.2, -0.15) is 0 Å². The van der Waals surface area contributed by atoms with Crippen molar-refractivity contribution in [2.45, 2.75) is 31.8 Å². The zero-order valence-electron chi connectivity index (χ0n) is 9.25. The summed E-state index contributed by atoms with van der Waals surface area (Å²) in [6, 6.07) is 0.377. The molecular formula is C10H20N2O2. The van der Waals surface area contributed by atoms with Gasteiger partial charge in [0.25, 0.3) is 0 Å². The number of piperidine rings is 1. The first-order chi connectivity index (χ1) is 6.65. The normalized spacial score (nSPS) is 27.7. The van der Waals surface area contributed by atoms with Crippen molar-refractivity contribution in [3.05, 3.63) is 0 Å². The maximum atomic E-state index is 11.5. The van der Waals surface area contributed by atoms with Crippen LogP contribution in [-0.2, 0) is 9.53 Å². The van der Waals surface area contributed by atoms with E-state index < -0.39 is 0 Å². The van der Waals surface area contributed by atoms with Crippen molar-refractivity contribution in [1.82, 2.24) is 10.2 Å². The first-order valence-electron chi connectivity index (χ1n) is 5.21. The van der Waals surface area contributed by atoms with E-state index in [4.69, 9.17) is 4.74 Å². The summed E-state index contributed by atoms with van der Waals surface area (Å²) in [4.78, 5) is 13.6. The summed E-state index contributed by atoms with van der Waals surface area (Å²) < 4.78 is 4.99. The Morgan fingerprint density at radius 1 is 1.57 bits per heavy atom. The number of nitrogens with one attached hydrogen (secondary N) is 1. The van der Waals surface area contributed by atoms with Crippen molar-refractivity contribution in [2.75, 3.05) is 27.2 Å². The van der Waals surface area contributed by atoms with Gasteiger partial charge in [0, 0.05) is 6.04 Å². The fourth-order valence-electron chi connectivity index (χ4n) is 1.79. The van der Waals surface area contributed by atoms with Crippen molar-refractivity contribution >= 4 is 5.97 Å². The Hall–Kier alpha value is -0.610. The number of hydrogen-bond acceptors (Lipinski definition) is 4. The summed E-state index contributed by atoms with van der Waals surface area (Å²) >= 11 is 0. The molecule has 0 bridgehead atoms. The molecule has 0 aromatic rings. The van der Waals surface area contributed by atoms with Crippen LogP contribution in [0.2, 0.25) is 0 Å². The molecule has 1 rings (SSSR count). The van der Waals surface area contributed by atoms with Crippen molar-refractivity contribution in [3.63, 3.8) is 0 Å². The third-order valence-electron chi connectivity index (χ3n) is 2.68. The Morgan fingerprint density at radius 3 is 2.86 bits per heavy atom. The van der Waals surface area contributed by atoms with Gasteiger partial charge in [-0.15, -0.1) is 0 Å². The summed E-state index contributed by atoms with van der Waals surface area (Å²) in [5.74, 6) is -0.112. The molecule has 0 saturated carbocycles. The van der Waals surface area contributed by atoms with Crippen molar-refractivity contribution in [1.29, 1.82) is 0 Å². The van der Waals surface area contributed by atoms with Crippen LogP contribution in [0.4, 0.5) is 0 Å². The largest absolute Gasteiger partial charge is 0.465 e. The van der Waals surface area contributed by atoms with Crippen molar-refractivity contribution in [2.24, 2.45) is 0 Å². The van der Waals surface area contributed by atoms with E-state index in [0.717, 1.165) is 19.4 Å². The van der Waals surface area contributed by atoms with Crippen LogP contribution < -0.4 is 5.32 Å². The van der Waals surface area contributed by atoms with Gasteiger partial charge in [-0.25, -0.2) is 0 Å². The fraction of sp³-hybridized carbons (Fsp3) is 0.900. The summed E-state index contributed by atoms with van der Waals surface area (Å²) in [7, 11) is 4.11. The number of nitrogens with zero attached hydrogens (tertiary/aromatic N) is 1. The molecule has 0 amide bonds. The van der Waals surface area contributed by atoms with Gasteiger partial charge in [-0.1, -0.05) is 0 Å². The average molecular weight is 200 g/mol. The number of rotatable bonds is 3. The molecule has 0 aromatic heterocycles. The SMILES string of the molecule is CCOC(=O)[C@@H]1C[C@H](N(C)C)CCN1. The number of carbonyl (C=O) groups is 1. The second-order valence-corrected chi connectivity index (χ2v) is 3.90. The summed E-state index contributed by atoms with van der Waals surface area (Å²) in [5, 5.41) is 3.19. The minimum Gasteiger partial charge on any atom is -0.465 e. The van der Waals surface area contributed by atoms with E-state index in [0.29, 0.717) is 12.6 Å². The average Bonchev–Trinajstić information content (AvgIpc) is 2.18. The summed E-state index contributed by atoms with van der Waals surface area (Å²) in [6.07, 6.45) is 1.95. The zero-order chi connectivity index (χ0) is 10.6. The predicted molar refractivity (Wildman–Crippen MR) is 55.1 cm³/mol. The molecule has 4 heteroatoms. The van der Waals surface area contributed by atoms with Crippen LogP contribution in [0.3, 0.4) is 0 Å².